The summed E-state index contributed by atoms with van der Waals surface area (Å²) in [5, 5.41) is 3.26. The first-order valence-corrected chi connectivity index (χ1v) is 13.9. The van der Waals surface area contributed by atoms with Crippen molar-refractivity contribution in [3.8, 4) is 0 Å². The molecule has 0 aliphatic heterocycles. The van der Waals surface area contributed by atoms with E-state index in [0.717, 1.165) is 27.0 Å². The van der Waals surface area contributed by atoms with E-state index in [4.69, 9.17) is 11.6 Å². The van der Waals surface area contributed by atoms with Gasteiger partial charge in [-0.05, 0) is 62.6 Å². The van der Waals surface area contributed by atoms with E-state index in [1.807, 2.05) is 38.1 Å². The zero-order chi connectivity index (χ0) is 25.6. The summed E-state index contributed by atoms with van der Waals surface area (Å²) in [7, 11) is -3.81. The molecule has 2 amide bonds. The van der Waals surface area contributed by atoms with Gasteiger partial charge in [-0.25, -0.2) is 8.42 Å². The Balaban J connectivity index is 2.42. The number of halogens is 2. The van der Waals surface area contributed by atoms with Crippen LogP contribution in [0.2, 0.25) is 5.02 Å². The van der Waals surface area contributed by atoms with Crippen molar-refractivity contribution >= 4 is 55.1 Å². The second-order valence-electron chi connectivity index (χ2n) is 8.34. The maximum Gasteiger partial charge on any atom is 0.244 e. The lowest BCUT2D eigenvalue weighted by Gasteiger charge is -2.32. The number of amides is 2. The number of aryl methyl sites for hydroxylation is 1. The van der Waals surface area contributed by atoms with E-state index < -0.39 is 28.5 Å². The number of carbonyl (C=O) groups excluding carboxylic acids is 2. The van der Waals surface area contributed by atoms with Crippen LogP contribution in [-0.4, -0.2) is 50.0 Å². The Morgan fingerprint density at radius 3 is 2.29 bits per heavy atom. The zero-order valence-corrected chi connectivity index (χ0v) is 23.2. The van der Waals surface area contributed by atoms with Gasteiger partial charge in [-0.1, -0.05) is 52.7 Å². The van der Waals surface area contributed by atoms with Gasteiger partial charge < -0.3 is 10.2 Å². The first kappa shape index (κ1) is 28.1. The third kappa shape index (κ3) is 7.71. The molecule has 186 valence electrons. The molecule has 10 heteroatoms. The maximum absolute atomic E-state index is 13.5. The predicted molar refractivity (Wildman–Crippen MR) is 140 cm³/mol. The van der Waals surface area contributed by atoms with E-state index in [2.05, 4.69) is 21.2 Å². The summed E-state index contributed by atoms with van der Waals surface area (Å²) < 4.78 is 27.2. The van der Waals surface area contributed by atoms with Gasteiger partial charge in [0.05, 0.1) is 11.9 Å². The van der Waals surface area contributed by atoms with Gasteiger partial charge in [-0.3, -0.25) is 13.9 Å². The van der Waals surface area contributed by atoms with Gasteiger partial charge in [0.1, 0.15) is 12.6 Å². The number of rotatable bonds is 10. The number of nitrogens with one attached hydrogen (secondary N) is 1. The Hall–Kier alpha value is -2.10. The van der Waals surface area contributed by atoms with E-state index in [9.17, 15) is 18.0 Å². The molecule has 0 aliphatic carbocycles. The van der Waals surface area contributed by atoms with Gasteiger partial charge in [0, 0.05) is 22.1 Å². The number of anilines is 1. The summed E-state index contributed by atoms with van der Waals surface area (Å²) in [4.78, 5) is 27.8. The van der Waals surface area contributed by atoms with E-state index in [1.54, 1.807) is 26.0 Å². The van der Waals surface area contributed by atoms with E-state index in [1.165, 1.54) is 11.0 Å². The van der Waals surface area contributed by atoms with Crippen LogP contribution in [0.1, 0.15) is 38.3 Å². The van der Waals surface area contributed by atoms with Crippen molar-refractivity contribution in [2.24, 2.45) is 0 Å². The molecule has 0 unspecified atom stereocenters. The van der Waals surface area contributed by atoms with Gasteiger partial charge in [0.2, 0.25) is 21.8 Å². The topological polar surface area (TPSA) is 86.8 Å². The summed E-state index contributed by atoms with van der Waals surface area (Å²) in [5.74, 6) is -0.802. The average molecular weight is 573 g/mol. The highest BCUT2D eigenvalue weighted by atomic mass is 79.9. The normalized spacial score (nSPS) is 13.1. The van der Waals surface area contributed by atoms with E-state index >= 15 is 0 Å². The molecule has 2 atom stereocenters. The van der Waals surface area contributed by atoms with Gasteiger partial charge in [-0.15, -0.1) is 0 Å². The first-order chi connectivity index (χ1) is 15.8. The Labute approximate surface area is 215 Å². The molecule has 2 aromatic rings. The Kier molecular flexibility index (Phi) is 9.96. The van der Waals surface area contributed by atoms with Crippen LogP contribution in [0.4, 0.5) is 5.69 Å². The van der Waals surface area contributed by atoms with Crippen LogP contribution >= 0.6 is 27.5 Å². The van der Waals surface area contributed by atoms with Gasteiger partial charge in [0.15, 0.2) is 0 Å². The molecule has 0 radical (unpaired) electrons. The molecule has 7 nitrogen and oxygen atoms in total. The average Bonchev–Trinajstić information content (AvgIpc) is 2.77. The lowest BCUT2D eigenvalue weighted by Crippen LogP contribution is -2.52. The van der Waals surface area contributed by atoms with Crippen LogP contribution in [0.5, 0.6) is 0 Å². The molecule has 0 aromatic heterocycles. The molecule has 0 bridgehead atoms. The van der Waals surface area contributed by atoms with Gasteiger partial charge in [-0.2, -0.15) is 0 Å². The molecule has 0 saturated heterocycles. The highest BCUT2D eigenvalue weighted by Gasteiger charge is 2.31. The number of nitrogens with zero attached hydrogens (tertiary/aromatic N) is 2. The minimum atomic E-state index is -3.81. The van der Waals surface area contributed by atoms with Crippen molar-refractivity contribution in [2.75, 3.05) is 17.1 Å². The minimum absolute atomic E-state index is 0.0544. The molecule has 2 aromatic carbocycles. The number of benzene rings is 2. The quantitative estimate of drug-likeness (QED) is 0.454. The van der Waals surface area contributed by atoms with E-state index in [0.29, 0.717) is 16.3 Å². The van der Waals surface area contributed by atoms with Crippen LogP contribution in [0.25, 0.3) is 0 Å². The van der Waals surface area contributed by atoms with Crippen molar-refractivity contribution in [3.63, 3.8) is 0 Å². The third-order valence-electron chi connectivity index (χ3n) is 5.55. The fraction of sp³-hybridized carbons (Fsp3) is 0.417. The predicted octanol–water partition coefficient (Wildman–Crippen LogP) is 4.51. The fourth-order valence-corrected chi connectivity index (χ4v) is 4.61. The smallest absolute Gasteiger partial charge is 0.244 e. The molecular formula is C24H31BrClN3O4S. The van der Waals surface area contributed by atoms with Crippen molar-refractivity contribution in [2.45, 2.75) is 52.7 Å². The Bertz CT molecular complexity index is 1130. The molecule has 34 heavy (non-hydrogen) atoms. The maximum atomic E-state index is 13.5. The molecule has 0 saturated carbocycles. The fourth-order valence-electron chi connectivity index (χ4n) is 3.28. The number of hydrogen-bond acceptors (Lipinski definition) is 4. The summed E-state index contributed by atoms with van der Waals surface area (Å²) in [6, 6.07) is 11.4. The molecule has 2 rings (SSSR count). The summed E-state index contributed by atoms with van der Waals surface area (Å²) in [6.45, 7) is 6.92. The summed E-state index contributed by atoms with van der Waals surface area (Å²) >= 11 is 9.50. The number of hydrogen-bond donors (Lipinski definition) is 1. The molecular weight excluding hydrogens is 542 g/mol. The molecule has 0 fully saturated rings. The van der Waals surface area contributed by atoms with Gasteiger partial charge in [0.25, 0.3) is 0 Å². The van der Waals surface area contributed by atoms with Crippen LogP contribution in [0.3, 0.4) is 0 Å². The summed E-state index contributed by atoms with van der Waals surface area (Å²) in [6.07, 6.45) is 1.79. The molecule has 0 heterocycles. The largest absolute Gasteiger partial charge is 0.352 e. The van der Waals surface area contributed by atoms with Crippen molar-refractivity contribution < 1.29 is 18.0 Å². The third-order valence-corrected chi connectivity index (χ3v) is 7.44. The van der Waals surface area contributed by atoms with Crippen molar-refractivity contribution in [1.82, 2.24) is 10.2 Å². The molecule has 1 N–H and O–H groups in total. The number of carbonyl (C=O) groups is 2. The SMILES string of the molecule is CC[C@@H](C)NC(=O)[C@@H](C)N(Cc1ccc(Br)cc1)C(=O)CN(c1cc(Cl)ccc1C)S(C)(=O)=O. The highest BCUT2D eigenvalue weighted by molar-refractivity contribution is 9.10. The van der Waals surface area contributed by atoms with Crippen LogP contribution in [-0.2, 0) is 26.2 Å². The lowest BCUT2D eigenvalue weighted by molar-refractivity contribution is -0.139. The Morgan fingerprint density at radius 2 is 1.74 bits per heavy atom. The molecule has 0 aliphatic rings. The second kappa shape index (κ2) is 12.0. The summed E-state index contributed by atoms with van der Waals surface area (Å²) in [5.41, 5.74) is 1.79. The van der Waals surface area contributed by atoms with Crippen molar-refractivity contribution in [3.05, 3.63) is 63.1 Å². The van der Waals surface area contributed by atoms with E-state index in [-0.39, 0.29) is 18.5 Å². The number of sulfonamides is 1. The van der Waals surface area contributed by atoms with Crippen molar-refractivity contribution in [1.29, 1.82) is 0 Å². The first-order valence-electron chi connectivity index (χ1n) is 10.9. The zero-order valence-electron chi connectivity index (χ0n) is 20.0. The standard InChI is InChI=1S/C24H31BrClN3O4S/c1-6-17(3)27-24(31)18(4)28(14-19-8-10-20(25)11-9-19)23(30)15-29(34(5,32)33)22-13-21(26)12-7-16(22)2/h7-13,17-18H,6,14-15H2,1-5H3,(H,27,31)/t17-,18-/m1/s1. The minimum Gasteiger partial charge on any atom is -0.352 e. The van der Waals surface area contributed by atoms with Crippen LogP contribution < -0.4 is 9.62 Å². The lowest BCUT2D eigenvalue weighted by atomic mass is 10.1. The second-order valence-corrected chi connectivity index (χ2v) is 11.6. The monoisotopic (exact) mass is 571 g/mol. The van der Waals surface area contributed by atoms with Gasteiger partial charge >= 0.3 is 0 Å². The highest BCUT2D eigenvalue weighted by Crippen LogP contribution is 2.27. The van der Waals surface area contributed by atoms with Crippen LogP contribution in [0.15, 0.2) is 46.9 Å². The van der Waals surface area contributed by atoms with Crippen LogP contribution in [0, 0.1) is 6.92 Å². The molecule has 0 spiro atoms. The Morgan fingerprint density at radius 1 is 1.12 bits per heavy atom.